The molecule has 4 N–H and O–H groups in total. The Hall–Kier alpha value is -0.960. The van der Waals surface area contributed by atoms with E-state index in [-0.39, 0.29) is 17.6 Å². The molecular formula is C30H49Cl2FN5O+. The van der Waals surface area contributed by atoms with Crippen LogP contribution in [0, 0.1) is 5.41 Å². The van der Waals surface area contributed by atoms with Crippen LogP contribution in [0.25, 0.3) is 0 Å². The van der Waals surface area contributed by atoms with Gasteiger partial charge in [0.15, 0.2) is 12.3 Å². The van der Waals surface area contributed by atoms with E-state index in [2.05, 4.69) is 36.3 Å². The number of halogens is 3. The Morgan fingerprint density at radius 2 is 1.77 bits per heavy atom. The fraction of sp³-hybridized carbons (Fsp3) is 0.767. The van der Waals surface area contributed by atoms with Gasteiger partial charge in [0.2, 0.25) is 5.91 Å². The molecular weight excluding hydrogens is 536 g/mol. The minimum atomic E-state index is -1.23. The van der Waals surface area contributed by atoms with Crippen LogP contribution in [0.2, 0.25) is 10.0 Å². The number of nitrogens with two attached hydrogens (primary N) is 1. The maximum atomic E-state index is 17.1. The monoisotopic (exact) mass is 584 g/mol. The smallest absolute Gasteiger partial charge is 0.234 e. The van der Waals surface area contributed by atoms with Crippen molar-refractivity contribution in [1.29, 1.82) is 0 Å². The van der Waals surface area contributed by atoms with Crippen LogP contribution < -0.4 is 16.4 Å². The second-order valence-corrected chi connectivity index (χ2v) is 14.1. The number of primary amides is 1. The molecule has 3 aliphatic heterocycles. The Morgan fingerprint density at radius 3 is 2.36 bits per heavy atom. The van der Waals surface area contributed by atoms with Crippen LogP contribution in [0.4, 0.5) is 4.39 Å². The van der Waals surface area contributed by atoms with Crippen LogP contribution in [-0.2, 0) is 4.79 Å². The van der Waals surface area contributed by atoms with Crippen molar-refractivity contribution in [2.75, 3.05) is 26.3 Å². The molecule has 6 nitrogen and oxygen atoms in total. The lowest BCUT2D eigenvalue weighted by Gasteiger charge is -2.55. The molecule has 1 spiro atoms. The van der Waals surface area contributed by atoms with Crippen LogP contribution in [-0.4, -0.2) is 66.1 Å². The molecule has 220 valence electrons. The summed E-state index contributed by atoms with van der Waals surface area (Å²) in [7, 11) is 0. The molecule has 3 fully saturated rings. The number of nitrogens with one attached hydrogen (secondary N) is 2. The summed E-state index contributed by atoms with van der Waals surface area (Å²) in [6.45, 7) is 9.61. The fourth-order valence-electron chi connectivity index (χ4n) is 7.16. The van der Waals surface area contributed by atoms with Crippen molar-refractivity contribution in [2.45, 2.75) is 116 Å². The van der Waals surface area contributed by atoms with Crippen molar-refractivity contribution >= 4 is 29.1 Å². The number of quaternary nitrogens is 1. The van der Waals surface area contributed by atoms with E-state index in [1.165, 1.54) is 32.1 Å². The third kappa shape index (κ3) is 7.66. The Bertz CT molecular complexity index is 963. The molecule has 0 saturated carbocycles. The first-order chi connectivity index (χ1) is 18.5. The van der Waals surface area contributed by atoms with Gasteiger partial charge in [-0.3, -0.25) is 19.9 Å². The van der Waals surface area contributed by atoms with Crippen molar-refractivity contribution in [3.63, 3.8) is 0 Å². The molecule has 3 aliphatic rings. The van der Waals surface area contributed by atoms with Gasteiger partial charge < -0.3 is 5.73 Å². The molecule has 5 atom stereocenters. The maximum Gasteiger partial charge on any atom is 0.234 e. The Balaban J connectivity index is 1.68. The molecule has 9 heteroatoms. The van der Waals surface area contributed by atoms with E-state index >= 15 is 4.39 Å². The number of rotatable bonds is 6. The SMILES string of the molecule is CC(C)(C)C[C@@H](NC1NC[N+]2(CCCCCCCCC2)C(N2CCCC2c2ccc(Cl)cc2Cl)C1F)C(N)=O. The number of alkyl halides is 1. The predicted molar refractivity (Wildman–Crippen MR) is 158 cm³/mol. The van der Waals surface area contributed by atoms with Crippen LogP contribution in [0.15, 0.2) is 18.2 Å². The summed E-state index contributed by atoms with van der Waals surface area (Å²) >= 11 is 13.0. The number of hydrogen-bond donors (Lipinski definition) is 3. The Morgan fingerprint density at radius 1 is 1.13 bits per heavy atom. The third-order valence-electron chi connectivity index (χ3n) is 8.99. The van der Waals surface area contributed by atoms with E-state index in [0.29, 0.717) is 27.6 Å². The average molecular weight is 586 g/mol. The minimum Gasteiger partial charge on any atom is -0.368 e. The zero-order chi connectivity index (χ0) is 28.2. The zero-order valence-corrected chi connectivity index (χ0v) is 25.5. The van der Waals surface area contributed by atoms with E-state index in [4.69, 9.17) is 28.9 Å². The highest BCUT2D eigenvalue weighted by Gasteiger charge is 2.55. The number of likely N-dealkylation sites (tertiary alicyclic amines) is 1. The first kappa shape index (κ1) is 31.0. The van der Waals surface area contributed by atoms with Gasteiger partial charge in [-0.2, -0.15) is 0 Å². The van der Waals surface area contributed by atoms with E-state index in [9.17, 15) is 4.79 Å². The molecule has 1 amide bonds. The van der Waals surface area contributed by atoms with Gasteiger partial charge in [-0.15, -0.1) is 0 Å². The summed E-state index contributed by atoms with van der Waals surface area (Å²) in [6, 6.07) is 5.12. The van der Waals surface area contributed by atoms with Gasteiger partial charge in [-0.05, 0) is 68.1 Å². The molecule has 39 heavy (non-hydrogen) atoms. The summed E-state index contributed by atoms with van der Waals surface area (Å²) in [5.41, 5.74) is 6.71. The lowest BCUT2D eigenvalue weighted by molar-refractivity contribution is -0.973. The quantitative estimate of drug-likeness (QED) is 0.352. The second-order valence-electron chi connectivity index (χ2n) is 13.3. The molecule has 3 saturated heterocycles. The van der Waals surface area contributed by atoms with Crippen LogP contribution in [0.3, 0.4) is 0 Å². The van der Waals surface area contributed by atoms with Gasteiger partial charge in [0.05, 0.1) is 19.1 Å². The molecule has 3 heterocycles. The third-order valence-corrected chi connectivity index (χ3v) is 9.56. The summed E-state index contributed by atoms with van der Waals surface area (Å²) in [5.74, 6) is -0.434. The number of hydrogen-bond acceptors (Lipinski definition) is 4. The molecule has 1 aromatic carbocycles. The van der Waals surface area contributed by atoms with Crippen LogP contribution >= 0.6 is 23.2 Å². The van der Waals surface area contributed by atoms with Gasteiger partial charge in [0, 0.05) is 22.6 Å². The molecule has 0 radical (unpaired) electrons. The molecule has 0 bridgehead atoms. The normalized spacial score (nSPS) is 29.8. The van der Waals surface area contributed by atoms with Gasteiger partial charge in [0.1, 0.15) is 12.8 Å². The van der Waals surface area contributed by atoms with Crippen LogP contribution in [0.1, 0.15) is 96.6 Å². The fourth-order valence-corrected chi connectivity index (χ4v) is 7.70. The van der Waals surface area contributed by atoms with Crippen LogP contribution in [0.5, 0.6) is 0 Å². The maximum absolute atomic E-state index is 17.1. The topological polar surface area (TPSA) is 70.4 Å². The largest absolute Gasteiger partial charge is 0.368 e. The lowest BCUT2D eigenvalue weighted by atomic mass is 9.87. The minimum absolute atomic E-state index is 0.0312. The van der Waals surface area contributed by atoms with E-state index in [1.807, 2.05) is 12.1 Å². The highest BCUT2D eigenvalue weighted by molar-refractivity contribution is 6.35. The first-order valence-corrected chi connectivity index (χ1v) is 15.8. The number of benzene rings is 1. The summed E-state index contributed by atoms with van der Waals surface area (Å²) < 4.78 is 17.8. The molecule has 1 aromatic rings. The predicted octanol–water partition coefficient (Wildman–Crippen LogP) is 6.12. The van der Waals surface area contributed by atoms with E-state index in [0.717, 1.165) is 50.9 Å². The molecule has 4 unspecified atom stereocenters. The Kier molecular flexibility index (Phi) is 10.6. The summed E-state index contributed by atoms with van der Waals surface area (Å²) in [6.07, 6.45) is 8.61. The molecule has 0 aromatic heterocycles. The molecule has 4 rings (SSSR count). The number of amides is 1. The van der Waals surface area contributed by atoms with Gasteiger partial charge in [-0.1, -0.05) is 69.3 Å². The highest BCUT2D eigenvalue weighted by Crippen LogP contribution is 2.42. The van der Waals surface area contributed by atoms with E-state index < -0.39 is 24.3 Å². The standard InChI is InChI=1S/C30H48Cl2FN5O/c1-30(2,3)19-24(27(34)39)36-28-26(33)29(38(20-35-28)16-9-7-5-4-6-8-10-17-38)37-15-11-12-25(37)22-14-13-21(31)18-23(22)32/h13-14,18,24-26,28-29,35-36H,4-12,15-17,19-20H2,1-3H3,(H-,34,39)/p+1/t24-,25?,26?,28?,29?/m1/s1. The van der Waals surface area contributed by atoms with Gasteiger partial charge in [-0.25, -0.2) is 9.29 Å². The van der Waals surface area contributed by atoms with Crippen molar-refractivity contribution in [2.24, 2.45) is 11.1 Å². The van der Waals surface area contributed by atoms with Gasteiger partial charge >= 0.3 is 0 Å². The summed E-state index contributed by atoms with van der Waals surface area (Å²) in [5, 5.41) is 8.09. The van der Waals surface area contributed by atoms with E-state index in [1.54, 1.807) is 6.07 Å². The number of carbonyl (C=O) groups excluding carboxylic acids is 1. The zero-order valence-electron chi connectivity index (χ0n) is 24.0. The number of nitrogens with zero attached hydrogens (tertiary/aromatic N) is 2. The molecule has 0 aliphatic carbocycles. The van der Waals surface area contributed by atoms with Crippen molar-refractivity contribution in [1.82, 2.24) is 15.5 Å². The average Bonchev–Trinajstić information content (AvgIpc) is 3.32. The second kappa shape index (κ2) is 13.3. The summed E-state index contributed by atoms with van der Waals surface area (Å²) in [4.78, 5) is 14.8. The van der Waals surface area contributed by atoms with Gasteiger partial charge in [0.25, 0.3) is 0 Å². The number of carbonyl (C=O) groups is 1. The first-order valence-electron chi connectivity index (χ1n) is 15.0. The van der Waals surface area contributed by atoms with Crippen molar-refractivity contribution in [3.05, 3.63) is 33.8 Å². The Labute approximate surface area is 244 Å². The van der Waals surface area contributed by atoms with Crippen molar-refractivity contribution in [3.8, 4) is 0 Å². The lowest BCUT2D eigenvalue weighted by Crippen LogP contribution is -2.78. The van der Waals surface area contributed by atoms with Crippen molar-refractivity contribution < 1.29 is 13.7 Å². The highest BCUT2D eigenvalue weighted by atomic mass is 35.5.